The smallest absolute Gasteiger partial charge is 0.191 e. The predicted molar refractivity (Wildman–Crippen MR) is 101 cm³/mol. The summed E-state index contributed by atoms with van der Waals surface area (Å²) in [7, 11) is 0. The van der Waals surface area contributed by atoms with Crippen LogP contribution in [0.5, 0.6) is 0 Å². The molecule has 1 rings (SSSR count). The molecule has 1 aromatic rings. The van der Waals surface area contributed by atoms with Gasteiger partial charge in [0, 0.05) is 12.5 Å². The van der Waals surface area contributed by atoms with Crippen LogP contribution in [0.2, 0.25) is 0 Å². The van der Waals surface area contributed by atoms with Crippen LogP contribution in [0.4, 0.5) is 5.69 Å². The monoisotopic (exact) mass is 398 g/mol. The first-order valence-electron chi connectivity index (χ1n) is 10.1. The van der Waals surface area contributed by atoms with Gasteiger partial charge in [0.1, 0.15) is 6.54 Å². The second-order valence-electron chi connectivity index (χ2n) is 6.97. The lowest BCUT2D eigenvalue weighted by molar-refractivity contribution is -0.696. The Labute approximate surface area is 161 Å². The van der Waals surface area contributed by atoms with Crippen LogP contribution < -0.4 is 27.3 Å². The van der Waals surface area contributed by atoms with Crippen molar-refractivity contribution in [2.45, 2.75) is 103 Å². The first-order valence-corrected chi connectivity index (χ1v) is 10.1. The van der Waals surface area contributed by atoms with E-state index in [4.69, 9.17) is 5.73 Å². The highest BCUT2D eigenvalue weighted by Gasteiger charge is 2.00. The van der Waals surface area contributed by atoms with Crippen molar-refractivity contribution >= 4 is 5.69 Å². The number of pyridine rings is 1. The molecule has 140 valence electrons. The Bertz CT molecular complexity index is 382. The second-order valence-corrected chi connectivity index (χ2v) is 6.97. The number of aromatic nitrogens is 1. The van der Waals surface area contributed by atoms with Gasteiger partial charge in [-0.1, -0.05) is 84.0 Å². The van der Waals surface area contributed by atoms with E-state index in [1.54, 1.807) is 0 Å². The Kier molecular flexibility index (Phi) is 16.8. The number of nitrogens with two attached hydrogens (primary N) is 1. The summed E-state index contributed by atoms with van der Waals surface area (Å²) in [5.41, 5.74) is 6.65. The number of halogens is 1. The van der Waals surface area contributed by atoms with Crippen LogP contribution in [-0.4, -0.2) is 0 Å². The molecule has 2 nitrogen and oxygen atoms in total. The molecule has 0 aromatic carbocycles. The number of nitrogen functional groups attached to an aromatic ring is 1. The van der Waals surface area contributed by atoms with Gasteiger partial charge in [-0.2, -0.15) is 0 Å². The average molecular weight is 399 g/mol. The maximum absolute atomic E-state index is 5.79. The fourth-order valence-electron chi connectivity index (χ4n) is 3.17. The molecule has 3 heteroatoms. The molecular formula is C21H39BrN2. The van der Waals surface area contributed by atoms with Gasteiger partial charge in [0.15, 0.2) is 12.4 Å². The van der Waals surface area contributed by atoms with E-state index in [-0.39, 0.29) is 17.0 Å². The molecule has 0 unspecified atom stereocenters. The van der Waals surface area contributed by atoms with E-state index in [2.05, 4.69) is 17.7 Å². The van der Waals surface area contributed by atoms with Crippen LogP contribution in [0.15, 0.2) is 24.5 Å². The summed E-state index contributed by atoms with van der Waals surface area (Å²) in [6, 6.07) is 3.97. The third-order valence-corrected chi connectivity index (χ3v) is 4.65. The molecule has 0 amide bonds. The molecule has 0 aliphatic heterocycles. The van der Waals surface area contributed by atoms with E-state index in [0.717, 1.165) is 12.2 Å². The van der Waals surface area contributed by atoms with Gasteiger partial charge in [-0.05, 0) is 12.5 Å². The average Bonchev–Trinajstić information content (AvgIpc) is 2.55. The highest BCUT2D eigenvalue weighted by molar-refractivity contribution is 5.30. The van der Waals surface area contributed by atoms with E-state index in [1.807, 2.05) is 18.3 Å². The van der Waals surface area contributed by atoms with Crippen molar-refractivity contribution in [3.8, 4) is 0 Å². The lowest BCUT2D eigenvalue weighted by atomic mass is 10.0. The molecule has 24 heavy (non-hydrogen) atoms. The maximum Gasteiger partial charge on any atom is 0.191 e. The number of rotatable bonds is 15. The van der Waals surface area contributed by atoms with Crippen molar-refractivity contribution in [3.63, 3.8) is 0 Å². The molecule has 0 spiro atoms. The minimum absolute atomic E-state index is 0. The molecule has 0 saturated heterocycles. The number of aryl methyl sites for hydroxylation is 1. The first kappa shape index (κ1) is 23.4. The third-order valence-electron chi connectivity index (χ3n) is 4.65. The molecule has 0 aliphatic rings. The number of nitrogens with zero attached hydrogens (tertiary/aromatic N) is 1. The molecule has 0 aliphatic carbocycles. The van der Waals surface area contributed by atoms with Crippen LogP contribution in [0.25, 0.3) is 0 Å². The van der Waals surface area contributed by atoms with Gasteiger partial charge in [-0.15, -0.1) is 0 Å². The van der Waals surface area contributed by atoms with E-state index in [9.17, 15) is 0 Å². The Morgan fingerprint density at radius 3 is 1.67 bits per heavy atom. The van der Waals surface area contributed by atoms with Gasteiger partial charge < -0.3 is 22.7 Å². The summed E-state index contributed by atoms with van der Waals surface area (Å²) in [4.78, 5) is 0. The molecule has 2 N–H and O–H groups in total. The molecule has 0 atom stereocenters. The van der Waals surface area contributed by atoms with Crippen LogP contribution >= 0.6 is 0 Å². The topological polar surface area (TPSA) is 29.9 Å². The van der Waals surface area contributed by atoms with Crippen molar-refractivity contribution in [3.05, 3.63) is 24.5 Å². The number of hydrogen-bond donors (Lipinski definition) is 1. The van der Waals surface area contributed by atoms with Gasteiger partial charge in [0.25, 0.3) is 0 Å². The van der Waals surface area contributed by atoms with E-state index in [0.29, 0.717) is 0 Å². The van der Waals surface area contributed by atoms with Crippen molar-refractivity contribution in [2.24, 2.45) is 0 Å². The summed E-state index contributed by atoms with van der Waals surface area (Å²) in [5.74, 6) is 0. The van der Waals surface area contributed by atoms with Crippen LogP contribution in [0, 0.1) is 0 Å². The second kappa shape index (κ2) is 17.3. The highest BCUT2D eigenvalue weighted by atomic mass is 79.9. The van der Waals surface area contributed by atoms with Crippen LogP contribution in [0.3, 0.4) is 0 Å². The summed E-state index contributed by atoms with van der Waals surface area (Å²) >= 11 is 0. The molecular weight excluding hydrogens is 360 g/mol. The number of hydrogen-bond acceptors (Lipinski definition) is 1. The Hall–Kier alpha value is -0.570. The van der Waals surface area contributed by atoms with Gasteiger partial charge in [-0.25, -0.2) is 4.57 Å². The standard InChI is InChI=1S/C21H39N2.BrH/c1-2-3-4-5-6-7-8-9-10-11-12-13-14-15-18-23-19-16-17-21(22)20-23;/h16-17,19-20H,2-15,18,22H2,1H3;1H/q+1;/p-1. The van der Waals surface area contributed by atoms with Gasteiger partial charge in [0.05, 0.1) is 5.69 Å². The summed E-state index contributed by atoms with van der Waals surface area (Å²) in [6.45, 7) is 3.39. The molecule has 0 radical (unpaired) electrons. The number of anilines is 1. The summed E-state index contributed by atoms with van der Waals surface area (Å²) in [6.07, 6.45) is 24.0. The predicted octanol–water partition coefficient (Wildman–Crippen LogP) is 3.04. The fourth-order valence-corrected chi connectivity index (χ4v) is 3.17. The van der Waals surface area contributed by atoms with Gasteiger partial charge >= 0.3 is 0 Å². The zero-order valence-corrected chi connectivity index (χ0v) is 17.4. The SMILES string of the molecule is CCCCCCCCCCCCCCCC[n+]1cccc(N)c1.[Br-]. The fraction of sp³-hybridized carbons (Fsp3) is 0.762. The molecule has 0 bridgehead atoms. The number of unbranched alkanes of at least 4 members (excludes halogenated alkanes) is 13. The quantitative estimate of drug-likeness (QED) is 0.357. The van der Waals surface area contributed by atoms with Crippen LogP contribution in [-0.2, 0) is 6.54 Å². The zero-order chi connectivity index (χ0) is 16.6. The zero-order valence-electron chi connectivity index (χ0n) is 15.8. The third kappa shape index (κ3) is 13.8. The maximum atomic E-state index is 5.79. The van der Waals surface area contributed by atoms with Crippen molar-refractivity contribution in [1.29, 1.82) is 0 Å². The highest BCUT2D eigenvalue weighted by Crippen LogP contribution is 2.12. The van der Waals surface area contributed by atoms with Crippen LogP contribution in [0.1, 0.15) is 96.8 Å². The lowest BCUT2D eigenvalue weighted by Gasteiger charge is -2.03. The van der Waals surface area contributed by atoms with Crippen molar-refractivity contribution in [1.82, 2.24) is 0 Å². The van der Waals surface area contributed by atoms with E-state index >= 15 is 0 Å². The van der Waals surface area contributed by atoms with Crippen molar-refractivity contribution in [2.75, 3.05) is 5.73 Å². The lowest BCUT2D eigenvalue weighted by Crippen LogP contribution is -3.00. The largest absolute Gasteiger partial charge is 1.00 e. The minimum atomic E-state index is 0. The first-order chi connectivity index (χ1) is 11.3. The molecule has 1 heterocycles. The molecule has 1 aromatic heterocycles. The Balaban J connectivity index is 0.00000529. The van der Waals surface area contributed by atoms with E-state index in [1.165, 1.54) is 89.9 Å². The van der Waals surface area contributed by atoms with E-state index < -0.39 is 0 Å². The molecule has 0 saturated carbocycles. The van der Waals surface area contributed by atoms with Gasteiger partial charge in [-0.3, -0.25) is 0 Å². The Morgan fingerprint density at radius 1 is 0.750 bits per heavy atom. The molecule has 0 fully saturated rings. The minimum Gasteiger partial charge on any atom is -1.00 e. The summed E-state index contributed by atoms with van der Waals surface area (Å²) in [5, 5.41) is 0. The summed E-state index contributed by atoms with van der Waals surface area (Å²) < 4.78 is 2.20. The Morgan fingerprint density at radius 2 is 1.21 bits per heavy atom. The van der Waals surface area contributed by atoms with Gasteiger partial charge in [0.2, 0.25) is 0 Å². The van der Waals surface area contributed by atoms with Crippen molar-refractivity contribution < 1.29 is 21.5 Å². The normalized spacial score (nSPS) is 10.5.